The summed E-state index contributed by atoms with van der Waals surface area (Å²) in [6, 6.07) is 3.62. The lowest BCUT2D eigenvalue weighted by Gasteiger charge is -2.42. The first kappa shape index (κ1) is 23.9. The summed E-state index contributed by atoms with van der Waals surface area (Å²) in [5.41, 5.74) is -0.417. The lowest BCUT2D eigenvalue weighted by atomic mass is 9.86. The van der Waals surface area contributed by atoms with Crippen molar-refractivity contribution in [2.45, 2.75) is 57.7 Å². The molecule has 0 fully saturated rings. The zero-order valence-electron chi connectivity index (χ0n) is 18.1. The normalized spacial score (nSPS) is 18.6. The van der Waals surface area contributed by atoms with Crippen LogP contribution in [0.2, 0.25) is 5.15 Å². The van der Waals surface area contributed by atoms with E-state index in [-0.39, 0.29) is 33.6 Å². The van der Waals surface area contributed by atoms with Crippen molar-refractivity contribution < 1.29 is 27.9 Å². The summed E-state index contributed by atoms with van der Waals surface area (Å²) in [4.78, 5) is 22.4. The predicted molar refractivity (Wildman–Crippen MR) is 119 cm³/mol. The molecule has 10 nitrogen and oxygen atoms in total. The number of ether oxygens (including phenoxy) is 1. The van der Waals surface area contributed by atoms with Gasteiger partial charge in [-0.3, -0.25) is 14.3 Å². The molecule has 1 amide bonds. The fourth-order valence-corrected chi connectivity index (χ4v) is 5.70. The Morgan fingerprint density at radius 1 is 1.41 bits per heavy atom. The van der Waals surface area contributed by atoms with Crippen LogP contribution >= 0.6 is 11.6 Å². The second-order valence-corrected chi connectivity index (χ2v) is 10.4. The number of rotatable bonds is 7. The molecule has 0 radical (unpaired) electrons. The highest BCUT2D eigenvalue weighted by Crippen LogP contribution is 2.44. The average Bonchev–Trinajstić information content (AvgIpc) is 3.10. The molecule has 0 bridgehead atoms. The molecule has 0 aliphatic carbocycles. The van der Waals surface area contributed by atoms with Gasteiger partial charge in [0.15, 0.2) is 5.15 Å². The van der Waals surface area contributed by atoms with E-state index >= 15 is 0 Å². The topological polar surface area (TPSA) is 131 Å². The molecule has 2 N–H and O–H groups in total. The zero-order valence-corrected chi connectivity index (χ0v) is 19.6. The van der Waals surface area contributed by atoms with Crippen LogP contribution in [0.3, 0.4) is 0 Å². The van der Waals surface area contributed by atoms with Crippen molar-refractivity contribution in [1.82, 2.24) is 9.78 Å². The minimum atomic E-state index is -4.21. The van der Waals surface area contributed by atoms with Crippen molar-refractivity contribution >= 4 is 45.4 Å². The highest BCUT2D eigenvalue weighted by Gasteiger charge is 2.43. The Balaban J connectivity index is 2.17. The van der Waals surface area contributed by atoms with Gasteiger partial charge in [-0.15, -0.1) is 0 Å². The van der Waals surface area contributed by atoms with Gasteiger partial charge < -0.3 is 14.6 Å². The molecular formula is C20H25ClN4O6S. The smallest absolute Gasteiger partial charge is 0.409 e. The van der Waals surface area contributed by atoms with Crippen molar-refractivity contribution in [3.8, 4) is 5.75 Å². The Bertz CT molecular complexity index is 1150. The number of aldehydes is 1. The molecule has 3 rings (SSSR count). The number of nitrogens with zero attached hydrogens (tertiary/aromatic N) is 3. The molecule has 2 atom stereocenters. The number of hydrogen-bond acceptors (Lipinski definition) is 6. The van der Waals surface area contributed by atoms with E-state index in [0.29, 0.717) is 6.54 Å². The number of nitrogens with one attached hydrogen (secondary N) is 1. The number of fused-ring (bicyclic) bond motifs is 1. The summed E-state index contributed by atoms with van der Waals surface area (Å²) < 4.78 is 36.1. The lowest BCUT2D eigenvalue weighted by molar-refractivity contribution is -0.116. The van der Waals surface area contributed by atoms with Gasteiger partial charge in [0.05, 0.1) is 11.7 Å². The van der Waals surface area contributed by atoms with Crippen molar-refractivity contribution in [1.29, 1.82) is 0 Å². The van der Waals surface area contributed by atoms with Crippen LogP contribution in [0.25, 0.3) is 0 Å². The van der Waals surface area contributed by atoms with Crippen LogP contribution in [-0.4, -0.2) is 47.8 Å². The number of aryl methyl sites for hydroxylation is 1. The molecular weight excluding hydrogens is 460 g/mol. The van der Waals surface area contributed by atoms with Crippen LogP contribution in [0.4, 0.5) is 16.2 Å². The third kappa shape index (κ3) is 4.53. The summed E-state index contributed by atoms with van der Waals surface area (Å²) >= 11 is 6.16. The fourth-order valence-electron chi connectivity index (χ4n) is 3.57. The molecule has 2 aromatic rings. The van der Waals surface area contributed by atoms with Gasteiger partial charge in [-0.05, 0) is 38.5 Å². The van der Waals surface area contributed by atoms with E-state index in [1.807, 2.05) is 0 Å². The molecule has 2 heterocycles. The van der Waals surface area contributed by atoms with E-state index in [1.54, 1.807) is 27.7 Å². The van der Waals surface area contributed by atoms with Crippen LogP contribution in [0.15, 0.2) is 29.3 Å². The van der Waals surface area contributed by atoms with Gasteiger partial charge in [0, 0.05) is 23.8 Å². The second-order valence-electron chi connectivity index (χ2n) is 8.26. The number of carboxylic acid groups (broad SMARTS) is 1. The van der Waals surface area contributed by atoms with Crippen LogP contribution in [0.5, 0.6) is 5.75 Å². The Labute approximate surface area is 191 Å². The SMILES string of the molecule is CCn1cc(S(=O)(=O)N2c3cc(NC(=O)O)ccc3O[C@@H](CC(C)(C)C=O)[C@H]2C)c(Cl)n1. The van der Waals surface area contributed by atoms with Gasteiger partial charge in [0.2, 0.25) is 0 Å². The van der Waals surface area contributed by atoms with E-state index in [4.69, 9.17) is 21.4 Å². The monoisotopic (exact) mass is 484 g/mol. The maximum atomic E-state index is 13.8. The first-order chi connectivity index (χ1) is 14.9. The number of halogens is 1. The van der Waals surface area contributed by atoms with Crippen LogP contribution in [0, 0.1) is 5.41 Å². The average molecular weight is 485 g/mol. The fraction of sp³-hybridized carbons (Fsp3) is 0.450. The highest BCUT2D eigenvalue weighted by atomic mass is 35.5. The second kappa shape index (κ2) is 8.62. The van der Waals surface area contributed by atoms with E-state index in [2.05, 4.69) is 10.4 Å². The predicted octanol–water partition coefficient (Wildman–Crippen LogP) is 3.61. The third-order valence-corrected chi connectivity index (χ3v) is 7.52. The van der Waals surface area contributed by atoms with E-state index < -0.39 is 33.7 Å². The first-order valence-electron chi connectivity index (χ1n) is 9.94. The first-order valence-corrected chi connectivity index (χ1v) is 11.8. The van der Waals surface area contributed by atoms with Crippen LogP contribution in [0.1, 0.15) is 34.1 Å². The number of hydrogen-bond donors (Lipinski definition) is 2. The molecule has 32 heavy (non-hydrogen) atoms. The summed E-state index contributed by atoms with van der Waals surface area (Å²) in [7, 11) is -4.21. The molecule has 1 aliphatic rings. The Morgan fingerprint density at radius 3 is 2.66 bits per heavy atom. The van der Waals surface area contributed by atoms with Gasteiger partial charge in [-0.2, -0.15) is 5.10 Å². The Kier molecular flexibility index (Phi) is 6.43. The summed E-state index contributed by atoms with van der Waals surface area (Å²) in [5.74, 6) is 0.244. The molecule has 0 spiro atoms. The minimum absolute atomic E-state index is 0.157. The van der Waals surface area contributed by atoms with Crippen molar-refractivity contribution in [3.05, 3.63) is 29.5 Å². The molecule has 1 aromatic carbocycles. The van der Waals surface area contributed by atoms with E-state index in [9.17, 15) is 18.0 Å². The van der Waals surface area contributed by atoms with E-state index in [0.717, 1.165) is 10.6 Å². The molecule has 12 heteroatoms. The van der Waals surface area contributed by atoms with Crippen molar-refractivity contribution in [3.63, 3.8) is 0 Å². The summed E-state index contributed by atoms with van der Waals surface area (Å²) in [5, 5.41) is 15.1. The summed E-state index contributed by atoms with van der Waals surface area (Å²) in [6.07, 6.45) is 0.487. The maximum Gasteiger partial charge on any atom is 0.409 e. The Morgan fingerprint density at radius 2 is 2.09 bits per heavy atom. The van der Waals surface area contributed by atoms with Crippen LogP contribution < -0.4 is 14.4 Å². The molecule has 0 saturated carbocycles. The quantitative estimate of drug-likeness (QED) is 0.574. The number of carbonyl (C=O) groups is 2. The van der Waals surface area contributed by atoms with Crippen LogP contribution in [-0.2, 0) is 21.4 Å². The summed E-state index contributed by atoms with van der Waals surface area (Å²) in [6.45, 7) is 7.38. The van der Waals surface area contributed by atoms with Gasteiger partial charge in [-0.1, -0.05) is 25.4 Å². The number of benzene rings is 1. The van der Waals surface area contributed by atoms with Gasteiger partial charge in [0.25, 0.3) is 10.0 Å². The molecule has 1 aromatic heterocycles. The van der Waals surface area contributed by atoms with Gasteiger partial charge in [0.1, 0.15) is 23.0 Å². The molecule has 0 unspecified atom stereocenters. The standard InChI is InChI=1S/C20H25ClN4O6S/c1-5-24-10-17(18(21)23-24)32(29,30)25-12(2)16(9-20(3,4)11-26)31-15-7-6-13(8-14(15)25)22-19(27)28/h6-8,10-12,16,22H,5,9H2,1-4H3,(H,27,28)/t12-,16+/m1/s1. The lowest BCUT2D eigenvalue weighted by Crippen LogP contribution is -2.52. The van der Waals surface area contributed by atoms with Gasteiger partial charge in [-0.25, -0.2) is 13.2 Å². The highest BCUT2D eigenvalue weighted by molar-refractivity contribution is 7.93. The third-order valence-electron chi connectivity index (χ3n) is 5.23. The number of sulfonamides is 1. The molecule has 174 valence electrons. The maximum absolute atomic E-state index is 13.8. The number of amides is 1. The number of anilines is 2. The Hall–Kier alpha value is -2.79. The van der Waals surface area contributed by atoms with Crippen molar-refractivity contribution in [2.24, 2.45) is 5.41 Å². The number of carbonyl (C=O) groups excluding carboxylic acids is 1. The largest absolute Gasteiger partial charge is 0.486 e. The molecule has 1 aliphatic heterocycles. The zero-order chi connectivity index (χ0) is 23.8. The van der Waals surface area contributed by atoms with Crippen molar-refractivity contribution in [2.75, 3.05) is 9.62 Å². The minimum Gasteiger partial charge on any atom is -0.486 e. The number of aromatic nitrogens is 2. The van der Waals surface area contributed by atoms with E-state index in [1.165, 1.54) is 29.1 Å². The molecule has 0 saturated heterocycles. The van der Waals surface area contributed by atoms with Gasteiger partial charge >= 0.3 is 6.09 Å².